The van der Waals surface area contributed by atoms with Gasteiger partial charge in [0.05, 0.1) is 0 Å². The van der Waals surface area contributed by atoms with E-state index in [1.165, 1.54) is 18.2 Å². The van der Waals surface area contributed by atoms with Gasteiger partial charge in [0.2, 0.25) is 0 Å². The van der Waals surface area contributed by atoms with E-state index < -0.39 is 30.4 Å². The Morgan fingerprint density at radius 1 is 0.964 bits per heavy atom. The van der Waals surface area contributed by atoms with Crippen LogP contribution in [0.1, 0.15) is 19.4 Å². The van der Waals surface area contributed by atoms with E-state index in [0.717, 1.165) is 0 Å². The number of phenolic OH excluding ortho intramolecular Hbond substituents is 2. The molecule has 3 atom stereocenters. The lowest BCUT2D eigenvalue weighted by Gasteiger charge is -2.22. The molecule has 2 rings (SSSR count). The third-order valence-corrected chi connectivity index (χ3v) is 3.99. The average Bonchev–Trinajstić information content (AvgIpc) is 2.65. The van der Waals surface area contributed by atoms with E-state index in [-0.39, 0.29) is 17.9 Å². The Morgan fingerprint density at radius 2 is 1.61 bits per heavy atom. The van der Waals surface area contributed by atoms with Crippen LogP contribution in [0.15, 0.2) is 48.5 Å². The van der Waals surface area contributed by atoms with Crippen molar-refractivity contribution >= 4 is 12.1 Å². The van der Waals surface area contributed by atoms with Crippen molar-refractivity contribution in [1.29, 1.82) is 0 Å². The molecule has 0 aliphatic carbocycles. The highest BCUT2D eigenvalue weighted by Crippen LogP contribution is 2.25. The second-order valence-electron chi connectivity index (χ2n) is 6.26. The summed E-state index contributed by atoms with van der Waals surface area (Å²) in [7, 11) is 0. The molecule has 0 unspecified atom stereocenters. The van der Waals surface area contributed by atoms with Gasteiger partial charge in [-0.2, -0.15) is 0 Å². The van der Waals surface area contributed by atoms with Crippen LogP contribution in [0.5, 0.6) is 17.2 Å². The molecule has 0 aliphatic heterocycles. The van der Waals surface area contributed by atoms with E-state index in [9.17, 15) is 19.8 Å². The molecule has 0 amide bonds. The van der Waals surface area contributed by atoms with Crippen molar-refractivity contribution in [2.24, 2.45) is 5.73 Å². The van der Waals surface area contributed by atoms with Crippen molar-refractivity contribution < 1.29 is 34.0 Å². The molecule has 4 N–H and O–H groups in total. The molecule has 0 aromatic heterocycles. The predicted molar refractivity (Wildman–Crippen MR) is 100 cm³/mol. The maximum Gasteiger partial charge on any atom is 0.514 e. The summed E-state index contributed by atoms with van der Waals surface area (Å²) in [5.41, 5.74) is 6.40. The number of carbonyl (C=O) groups excluding carboxylic acids is 2. The normalized spacial score (nSPS) is 13.8. The molecule has 0 saturated carbocycles. The van der Waals surface area contributed by atoms with Crippen LogP contribution in [0, 0.1) is 0 Å². The molecule has 150 valence electrons. The first kappa shape index (κ1) is 21.0. The Balaban J connectivity index is 1.82. The average molecular weight is 389 g/mol. The second-order valence-corrected chi connectivity index (χ2v) is 6.26. The number of rotatable bonds is 7. The van der Waals surface area contributed by atoms with E-state index in [1.54, 1.807) is 44.2 Å². The molecule has 8 heteroatoms. The molecule has 8 nitrogen and oxygen atoms in total. The maximum atomic E-state index is 12.2. The second kappa shape index (κ2) is 9.61. The van der Waals surface area contributed by atoms with Gasteiger partial charge in [0, 0.05) is 0 Å². The topological polar surface area (TPSA) is 128 Å². The monoisotopic (exact) mass is 389 g/mol. The molecule has 0 aliphatic rings. The van der Waals surface area contributed by atoms with Gasteiger partial charge in [0.15, 0.2) is 11.5 Å². The zero-order valence-corrected chi connectivity index (χ0v) is 15.6. The fraction of sp³-hybridized carbons (Fsp3) is 0.300. The molecular weight excluding hydrogens is 366 g/mol. The standard InChI is InChI=1S/C20H23NO7/c1-12(13(2)27-20(25)28-15-6-4-3-5-7-15)26-19(24)16(21)10-14-8-9-17(22)18(23)11-14/h3-9,11-13,16,22-23H,10,21H2,1-2H3/t12-,13-,16-/m0/s1. The number of hydrogen-bond acceptors (Lipinski definition) is 8. The first-order valence-electron chi connectivity index (χ1n) is 8.66. The van der Waals surface area contributed by atoms with Crippen LogP contribution in [0.25, 0.3) is 0 Å². The number of carbonyl (C=O) groups is 2. The summed E-state index contributed by atoms with van der Waals surface area (Å²) in [4.78, 5) is 24.0. The molecular formula is C20H23NO7. The van der Waals surface area contributed by atoms with Crippen LogP contribution in [0.4, 0.5) is 4.79 Å². The number of aromatic hydroxyl groups is 2. The smallest absolute Gasteiger partial charge is 0.504 e. The lowest BCUT2D eigenvalue weighted by molar-refractivity contribution is -0.155. The van der Waals surface area contributed by atoms with Crippen molar-refractivity contribution in [2.45, 2.75) is 38.5 Å². The molecule has 0 radical (unpaired) electrons. The fourth-order valence-corrected chi connectivity index (χ4v) is 2.26. The summed E-state index contributed by atoms with van der Waals surface area (Å²) in [6.07, 6.45) is -2.32. The SMILES string of the molecule is C[C@H](OC(=O)Oc1ccccc1)[C@H](C)OC(=O)[C@@H](N)Cc1ccc(O)c(O)c1. The first-order chi connectivity index (χ1) is 13.3. The number of nitrogens with two attached hydrogens (primary N) is 1. The number of benzene rings is 2. The highest BCUT2D eigenvalue weighted by molar-refractivity contribution is 5.76. The van der Waals surface area contributed by atoms with Gasteiger partial charge in [-0.25, -0.2) is 4.79 Å². The molecule has 0 heterocycles. The summed E-state index contributed by atoms with van der Waals surface area (Å²) >= 11 is 0. The molecule has 0 bridgehead atoms. The van der Waals surface area contributed by atoms with Gasteiger partial charge in [-0.1, -0.05) is 24.3 Å². The Labute approximate surface area is 162 Å². The van der Waals surface area contributed by atoms with E-state index in [4.69, 9.17) is 19.9 Å². The molecule has 2 aromatic rings. The predicted octanol–water partition coefficient (Wildman–Crippen LogP) is 2.50. The van der Waals surface area contributed by atoms with Crippen LogP contribution >= 0.6 is 0 Å². The van der Waals surface area contributed by atoms with E-state index in [0.29, 0.717) is 11.3 Å². The summed E-state index contributed by atoms with van der Waals surface area (Å²) in [5.74, 6) is -0.914. The van der Waals surface area contributed by atoms with Crippen molar-refractivity contribution in [2.75, 3.05) is 0 Å². The van der Waals surface area contributed by atoms with Crippen LogP contribution in [0.3, 0.4) is 0 Å². The molecule has 2 aromatic carbocycles. The lowest BCUT2D eigenvalue weighted by Crippen LogP contribution is -2.39. The van der Waals surface area contributed by atoms with Gasteiger partial charge in [0.1, 0.15) is 24.0 Å². The number of para-hydroxylation sites is 1. The fourth-order valence-electron chi connectivity index (χ4n) is 2.26. The van der Waals surface area contributed by atoms with Crippen molar-refractivity contribution in [3.8, 4) is 17.2 Å². The highest BCUT2D eigenvalue weighted by Gasteiger charge is 2.25. The minimum absolute atomic E-state index is 0.102. The minimum Gasteiger partial charge on any atom is -0.504 e. The van der Waals surface area contributed by atoms with Gasteiger partial charge in [-0.05, 0) is 50.1 Å². The largest absolute Gasteiger partial charge is 0.514 e. The Morgan fingerprint density at radius 3 is 2.25 bits per heavy atom. The Bertz CT molecular complexity index is 809. The number of phenols is 2. The third kappa shape index (κ3) is 6.17. The molecule has 28 heavy (non-hydrogen) atoms. The first-order valence-corrected chi connectivity index (χ1v) is 8.66. The minimum atomic E-state index is -0.991. The van der Waals surface area contributed by atoms with Gasteiger partial charge in [0.25, 0.3) is 0 Å². The van der Waals surface area contributed by atoms with Crippen molar-refractivity contribution in [3.63, 3.8) is 0 Å². The Hall–Kier alpha value is -3.26. The van der Waals surface area contributed by atoms with Gasteiger partial charge in [-0.15, -0.1) is 0 Å². The van der Waals surface area contributed by atoms with Gasteiger partial charge in [-0.3, -0.25) is 4.79 Å². The highest BCUT2D eigenvalue weighted by atomic mass is 16.7. The molecule has 0 spiro atoms. The Kier molecular flexibility index (Phi) is 7.22. The van der Waals surface area contributed by atoms with Crippen LogP contribution in [-0.4, -0.2) is 40.6 Å². The third-order valence-electron chi connectivity index (χ3n) is 3.99. The lowest BCUT2D eigenvalue weighted by atomic mass is 10.1. The number of ether oxygens (including phenoxy) is 3. The molecule has 0 fully saturated rings. The number of esters is 1. The van der Waals surface area contributed by atoms with E-state index >= 15 is 0 Å². The van der Waals surface area contributed by atoms with Crippen LogP contribution in [0.2, 0.25) is 0 Å². The quantitative estimate of drug-likeness (QED) is 0.374. The molecule has 0 saturated heterocycles. The summed E-state index contributed by atoms with van der Waals surface area (Å²) in [5, 5.41) is 18.8. The van der Waals surface area contributed by atoms with E-state index in [1.807, 2.05) is 0 Å². The van der Waals surface area contributed by atoms with Crippen LogP contribution in [-0.2, 0) is 20.7 Å². The zero-order chi connectivity index (χ0) is 20.7. The van der Waals surface area contributed by atoms with E-state index in [2.05, 4.69) is 0 Å². The maximum absolute atomic E-state index is 12.2. The summed E-state index contributed by atoms with van der Waals surface area (Å²) in [6, 6.07) is 11.6. The summed E-state index contributed by atoms with van der Waals surface area (Å²) in [6.45, 7) is 3.13. The zero-order valence-electron chi connectivity index (χ0n) is 15.6. The van der Waals surface area contributed by atoms with Gasteiger partial charge >= 0.3 is 12.1 Å². The van der Waals surface area contributed by atoms with Gasteiger partial charge < -0.3 is 30.2 Å². The number of hydrogen-bond donors (Lipinski definition) is 3. The summed E-state index contributed by atoms with van der Waals surface area (Å²) < 4.78 is 15.4. The van der Waals surface area contributed by atoms with Crippen LogP contribution < -0.4 is 10.5 Å². The van der Waals surface area contributed by atoms with Crippen molar-refractivity contribution in [3.05, 3.63) is 54.1 Å². The van der Waals surface area contributed by atoms with Crippen molar-refractivity contribution in [1.82, 2.24) is 0 Å².